The van der Waals surface area contributed by atoms with Crippen LogP contribution in [-0.2, 0) is 6.54 Å². The van der Waals surface area contributed by atoms with E-state index in [2.05, 4.69) is 50.2 Å². The van der Waals surface area contributed by atoms with E-state index >= 15 is 0 Å². The zero-order valence-corrected chi connectivity index (χ0v) is 15.6. The summed E-state index contributed by atoms with van der Waals surface area (Å²) in [4.78, 5) is 0. The molecule has 0 aliphatic rings. The molecule has 4 heteroatoms. The summed E-state index contributed by atoms with van der Waals surface area (Å²) in [5.41, 5.74) is 1.18. The highest BCUT2D eigenvalue weighted by atomic mass is 79.9. The zero-order chi connectivity index (χ0) is 14.8. The van der Waals surface area contributed by atoms with Crippen molar-refractivity contribution in [1.29, 1.82) is 0 Å². The van der Waals surface area contributed by atoms with E-state index in [1.54, 1.807) is 7.11 Å². The fourth-order valence-corrected chi connectivity index (χ4v) is 3.70. The third-order valence-electron chi connectivity index (χ3n) is 3.31. The third-order valence-corrected chi connectivity index (χ3v) is 4.36. The van der Waals surface area contributed by atoms with Crippen LogP contribution in [0.2, 0.25) is 0 Å². The Bertz CT molecular complexity index is 396. The normalized spacial score (nSPS) is 10.8. The van der Waals surface area contributed by atoms with Crippen molar-refractivity contribution in [3.05, 3.63) is 26.6 Å². The van der Waals surface area contributed by atoms with Gasteiger partial charge in [-0.25, -0.2) is 0 Å². The van der Waals surface area contributed by atoms with Crippen LogP contribution in [0.3, 0.4) is 0 Å². The largest absolute Gasteiger partial charge is 0.495 e. The minimum Gasteiger partial charge on any atom is -0.495 e. The summed E-state index contributed by atoms with van der Waals surface area (Å²) >= 11 is 7.05. The number of unbranched alkanes of at least 4 members (excludes halogenated alkanes) is 5. The number of hydrogen-bond donors (Lipinski definition) is 1. The number of hydrogen-bond acceptors (Lipinski definition) is 2. The van der Waals surface area contributed by atoms with E-state index in [1.165, 1.54) is 44.1 Å². The zero-order valence-electron chi connectivity index (χ0n) is 12.5. The molecule has 0 amide bonds. The summed E-state index contributed by atoms with van der Waals surface area (Å²) in [7, 11) is 1.71. The lowest BCUT2D eigenvalue weighted by atomic mass is 10.1. The number of methoxy groups -OCH3 is 1. The van der Waals surface area contributed by atoms with Crippen LogP contribution in [0.1, 0.15) is 51.0 Å². The Hall–Kier alpha value is -0.0600. The van der Waals surface area contributed by atoms with Gasteiger partial charge in [0.05, 0.1) is 11.6 Å². The van der Waals surface area contributed by atoms with Gasteiger partial charge in [0.1, 0.15) is 5.75 Å². The molecule has 1 aromatic rings. The van der Waals surface area contributed by atoms with Crippen molar-refractivity contribution in [2.24, 2.45) is 0 Å². The Morgan fingerprint density at radius 2 is 1.75 bits per heavy atom. The topological polar surface area (TPSA) is 21.3 Å². The van der Waals surface area contributed by atoms with E-state index in [-0.39, 0.29) is 0 Å². The quantitative estimate of drug-likeness (QED) is 0.505. The van der Waals surface area contributed by atoms with Gasteiger partial charge in [0, 0.05) is 16.6 Å². The van der Waals surface area contributed by atoms with Crippen LogP contribution in [0.25, 0.3) is 0 Å². The van der Waals surface area contributed by atoms with Gasteiger partial charge in [-0.3, -0.25) is 0 Å². The second-order valence-corrected chi connectivity index (χ2v) is 6.79. The Morgan fingerprint density at radius 3 is 2.45 bits per heavy atom. The number of rotatable bonds is 10. The summed E-state index contributed by atoms with van der Waals surface area (Å²) in [6.45, 7) is 4.17. The van der Waals surface area contributed by atoms with Crippen LogP contribution in [0.4, 0.5) is 0 Å². The molecule has 1 rings (SSSR count). The van der Waals surface area contributed by atoms with Crippen molar-refractivity contribution in [2.75, 3.05) is 13.7 Å². The second-order valence-electron chi connectivity index (χ2n) is 5.02. The maximum absolute atomic E-state index is 5.45. The highest BCUT2D eigenvalue weighted by Gasteiger charge is 2.08. The maximum atomic E-state index is 5.45. The molecule has 0 spiro atoms. The van der Waals surface area contributed by atoms with E-state index in [0.29, 0.717) is 0 Å². The molecule has 20 heavy (non-hydrogen) atoms. The lowest BCUT2D eigenvalue weighted by Gasteiger charge is -2.12. The molecule has 0 aromatic heterocycles. The molecule has 1 N–H and O–H groups in total. The molecule has 0 fully saturated rings. The predicted octanol–water partition coefficient (Wildman–Crippen LogP) is 5.67. The van der Waals surface area contributed by atoms with Gasteiger partial charge in [-0.05, 0) is 41.0 Å². The van der Waals surface area contributed by atoms with Gasteiger partial charge in [-0.2, -0.15) is 0 Å². The van der Waals surface area contributed by atoms with Crippen LogP contribution in [0.15, 0.2) is 21.1 Å². The highest BCUT2D eigenvalue weighted by molar-refractivity contribution is 9.11. The van der Waals surface area contributed by atoms with Gasteiger partial charge >= 0.3 is 0 Å². The molecule has 0 saturated carbocycles. The van der Waals surface area contributed by atoms with Gasteiger partial charge in [0.25, 0.3) is 0 Å². The van der Waals surface area contributed by atoms with Crippen LogP contribution < -0.4 is 10.1 Å². The molecule has 0 unspecified atom stereocenters. The van der Waals surface area contributed by atoms with Crippen molar-refractivity contribution in [3.8, 4) is 5.75 Å². The summed E-state index contributed by atoms with van der Waals surface area (Å²) < 4.78 is 7.51. The molecule has 0 atom stereocenters. The van der Waals surface area contributed by atoms with E-state index in [4.69, 9.17) is 4.74 Å². The highest BCUT2D eigenvalue weighted by Crippen LogP contribution is 2.32. The Labute approximate surface area is 139 Å². The predicted molar refractivity (Wildman–Crippen MR) is 93.5 cm³/mol. The van der Waals surface area contributed by atoms with Crippen LogP contribution in [0.5, 0.6) is 5.75 Å². The number of halogens is 2. The molecule has 0 saturated heterocycles. The molecule has 0 aliphatic heterocycles. The maximum Gasteiger partial charge on any atom is 0.137 e. The minimum absolute atomic E-state index is 0.843. The summed E-state index contributed by atoms with van der Waals surface area (Å²) in [5.74, 6) is 0.920. The average Bonchev–Trinajstić information content (AvgIpc) is 2.41. The number of ether oxygens (including phenoxy) is 1. The lowest BCUT2D eigenvalue weighted by molar-refractivity contribution is 0.404. The van der Waals surface area contributed by atoms with Gasteiger partial charge in [-0.15, -0.1) is 0 Å². The number of benzene rings is 1. The molecule has 0 heterocycles. The van der Waals surface area contributed by atoms with Crippen molar-refractivity contribution in [1.82, 2.24) is 5.32 Å². The minimum atomic E-state index is 0.843. The first-order valence-electron chi connectivity index (χ1n) is 7.41. The smallest absolute Gasteiger partial charge is 0.137 e. The number of nitrogens with one attached hydrogen (secondary N) is 1. The van der Waals surface area contributed by atoms with Crippen LogP contribution >= 0.6 is 31.9 Å². The summed E-state index contributed by atoms with van der Waals surface area (Å²) in [6, 6.07) is 4.12. The standard InChI is InChI=1S/C16H25Br2NO/c1-3-4-5-6-7-8-9-19-12-13-10-14(17)11-15(18)16(13)20-2/h10-11,19H,3-9,12H2,1-2H3. The van der Waals surface area contributed by atoms with Crippen LogP contribution in [0, 0.1) is 0 Å². The monoisotopic (exact) mass is 405 g/mol. The molecule has 114 valence electrons. The molecular formula is C16H25Br2NO. The Kier molecular flexibility index (Phi) is 9.57. The van der Waals surface area contributed by atoms with Crippen LogP contribution in [-0.4, -0.2) is 13.7 Å². The van der Waals surface area contributed by atoms with E-state index < -0.39 is 0 Å². The van der Waals surface area contributed by atoms with Gasteiger partial charge in [-0.1, -0.05) is 55.0 Å². The fraction of sp³-hybridized carbons (Fsp3) is 0.625. The first kappa shape index (κ1) is 18.0. The summed E-state index contributed by atoms with van der Waals surface area (Å²) in [5, 5.41) is 3.50. The Morgan fingerprint density at radius 1 is 1.05 bits per heavy atom. The van der Waals surface area contributed by atoms with E-state index in [1.807, 2.05) is 6.07 Å². The fourth-order valence-electron chi connectivity index (χ4n) is 2.23. The van der Waals surface area contributed by atoms with E-state index in [9.17, 15) is 0 Å². The second kappa shape index (κ2) is 10.6. The molecule has 1 aromatic carbocycles. The molecular weight excluding hydrogens is 382 g/mol. The van der Waals surface area contributed by atoms with Crippen molar-refractivity contribution < 1.29 is 4.74 Å². The first-order chi connectivity index (χ1) is 9.69. The summed E-state index contributed by atoms with van der Waals surface area (Å²) in [6.07, 6.45) is 8.00. The van der Waals surface area contributed by atoms with Gasteiger partial charge in [0.15, 0.2) is 0 Å². The average molecular weight is 407 g/mol. The van der Waals surface area contributed by atoms with Gasteiger partial charge < -0.3 is 10.1 Å². The third kappa shape index (κ3) is 6.59. The van der Waals surface area contributed by atoms with Crippen molar-refractivity contribution in [2.45, 2.75) is 52.0 Å². The lowest BCUT2D eigenvalue weighted by Crippen LogP contribution is -2.15. The Balaban J connectivity index is 2.28. The molecule has 0 aliphatic carbocycles. The van der Waals surface area contributed by atoms with Crippen molar-refractivity contribution >= 4 is 31.9 Å². The first-order valence-corrected chi connectivity index (χ1v) is 9.00. The van der Waals surface area contributed by atoms with E-state index in [0.717, 1.165) is 27.8 Å². The molecule has 0 radical (unpaired) electrons. The van der Waals surface area contributed by atoms with Crippen molar-refractivity contribution in [3.63, 3.8) is 0 Å². The SMILES string of the molecule is CCCCCCCCNCc1cc(Br)cc(Br)c1OC. The molecule has 2 nitrogen and oxygen atoms in total. The molecule has 0 bridgehead atoms. The van der Waals surface area contributed by atoms with Gasteiger partial charge in [0.2, 0.25) is 0 Å².